The van der Waals surface area contributed by atoms with Gasteiger partial charge < -0.3 is 14.2 Å². The van der Waals surface area contributed by atoms with Gasteiger partial charge in [0.2, 0.25) is 6.10 Å². The van der Waals surface area contributed by atoms with Gasteiger partial charge in [0, 0.05) is 5.92 Å². The molecule has 0 aliphatic carbocycles. The topological polar surface area (TPSA) is 61.8 Å². The van der Waals surface area contributed by atoms with Crippen LogP contribution in [0.5, 0.6) is 5.75 Å². The van der Waals surface area contributed by atoms with Gasteiger partial charge in [-0.1, -0.05) is 26.0 Å². The first-order valence-corrected chi connectivity index (χ1v) is 6.99. The lowest BCUT2D eigenvalue weighted by Crippen LogP contribution is -2.35. The van der Waals surface area contributed by atoms with E-state index in [4.69, 9.17) is 14.2 Å². The normalized spacial score (nSPS) is 11.9. The Bertz CT molecular complexity index is 481. The number of esters is 2. The molecule has 0 fully saturated rings. The van der Waals surface area contributed by atoms with E-state index < -0.39 is 18.0 Å². The number of carbonyl (C=O) groups is 2. The van der Waals surface area contributed by atoms with Crippen molar-refractivity contribution in [1.82, 2.24) is 0 Å². The molecule has 0 spiro atoms. The summed E-state index contributed by atoms with van der Waals surface area (Å²) < 4.78 is 15.4. The molecule has 5 heteroatoms. The third kappa shape index (κ3) is 5.85. The van der Waals surface area contributed by atoms with Crippen molar-refractivity contribution in [2.45, 2.75) is 33.8 Å². The second-order valence-electron chi connectivity index (χ2n) is 5.01. The maximum atomic E-state index is 11.8. The third-order valence-corrected chi connectivity index (χ3v) is 2.73. The molecule has 0 aliphatic heterocycles. The van der Waals surface area contributed by atoms with Gasteiger partial charge in [-0.2, -0.15) is 0 Å². The largest absolute Gasteiger partial charge is 0.482 e. The van der Waals surface area contributed by atoms with E-state index >= 15 is 0 Å². The molecule has 0 N–H and O–H groups in total. The molecular weight excluding hydrogens is 272 g/mol. The Labute approximate surface area is 125 Å². The summed E-state index contributed by atoms with van der Waals surface area (Å²) in [6.07, 6.45) is -0.904. The van der Waals surface area contributed by atoms with Crippen molar-refractivity contribution in [1.29, 1.82) is 0 Å². The van der Waals surface area contributed by atoms with Crippen LogP contribution in [0.3, 0.4) is 0 Å². The molecule has 0 aromatic heterocycles. The minimum Gasteiger partial charge on any atom is -0.482 e. The fourth-order valence-corrected chi connectivity index (χ4v) is 1.70. The van der Waals surface area contributed by atoms with Gasteiger partial charge in [0.05, 0.1) is 6.61 Å². The maximum Gasteiger partial charge on any atom is 0.347 e. The zero-order chi connectivity index (χ0) is 15.8. The van der Waals surface area contributed by atoms with Crippen LogP contribution in [0.4, 0.5) is 0 Å². The summed E-state index contributed by atoms with van der Waals surface area (Å²) in [5.41, 5.74) is 1.03. The van der Waals surface area contributed by atoms with E-state index in [2.05, 4.69) is 0 Å². The first-order valence-electron chi connectivity index (χ1n) is 6.99. The summed E-state index contributed by atoms with van der Waals surface area (Å²) in [4.78, 5) is 23.5. The average Bonchev–Trinajstić information content (AvgIpc) is 2.42. The minimum absolute atomic E-state index is 0.160. The van der Waals surface area contributed by atoms with Gasteiger partial charge in [-0.05, 0) is 31.5 Å². The van der Waals surface area contributed by atoms with Crippen LogP contribution in [0.2, 0.25) is 0 Å². The molecule has 21 heavy (non-hydrogen) atoms. The van der Waals surface area contributed by atoms with Crippen LogP contribution in [0, 0.1) is 12.8 Å². The van der Waals surface area contributed by atoms with Crippen molar-refractivity contribution in [3.8, 4) is 5.75 Å². The van der Waals surface area contributed by atoms with Crippen LogP contribution in [0.25, 0.3) is 0 Å². The van der Waals surface area contributed by atoms with Crippen molar-refractivity contribution < 1.29 is 23.8 Å². The number of carbonyl (C=O) groups excluding carboxylic acids is 2. The molecule has 0 heterocycles. The highest BCUT2D eigenvalue weighted by atomic mass is 16.6. The lowest BCUT2D eigenvalue weighted by atomic mass is 10.1. The van der Waals surface area contributed by atoms with Gasteiger partial charge in [-0.3, -0.25) is 0 Å². The highest BCUT2D eigenvalue weighted by Crippen LogP contribution is 2.13. The minimum atomic E-state index is -0.904. The van der Waals surface area contributed by atoms with E-state index in [0.29, 0.717) is 5.75 Å². The van der Waals surface area contributed by atoms with Crippen LogP contribution in [0.15, 0.2) is 24.3 Å². The molecule has 1 aromatic carbocycles. The van der Waals surface area contributed by atoms with E-state index in [1.54, 1.807) is 26.8 Å². The molecule has 5 nitrogen and oxygen atoms in total. The summed E-state index contributed by atoms with van der Waals surface area (Å²) >= 11 is 0. The van der Waals surface area contributed by atoms with Crippen molar-refractivity contribution in [2.75, 3.05) is 13.2 Å². The number of hydrogen-bond donors (Lipinski definition) is 0. The van der Waals surface area contributed by atoms with Gasteiger partial charge in [0.25, 0.3) is 0 Å². The molecule has 1 atom stereocenters. The van der Waals surface area contributed by atoms with Crippen molar-refractivity contribution in [3.63, 3.8) is 0 Å². The van der Waals surface area contributed by atoms with Gasteiger partial charge in [-0.25, -0.2) is 9.59 Å². The van der Waals surface area contributed by atoms with Crippen molar-refractivity contribution in [3.05, 3.63) is 29.8 Å². The smallest absolute Gasteiger partial charge is 0.347 e. The van der Waals surface area contributed by atoms with E-state index in [0.717, 1.165) is 5.56 Å². The van der Waals surface area contributed by atoms with Crippen LogP contribution in [0.1, 0.15) is 26.3 Å². The SMILES string of the molecule is CCOC(=O)[C@H](OC(=O)COc1cccc(C)c1)C(C)C. The number of aryl methyl sites for hydroxylation is 1. The number of ether oxygens (including phenoxy) is 3. The van der Waals surface area contributed by atoms with Crippen LogP contribution >= 0.6 is 0 Å². The lowest BCUT2D eigenvalue weighted by Gasteiger charge is -2.19. The van der Waals surface area contributed by atoms with Gasteiger partial charge in [0.15, 0.2) is 6.61 Å². The predicted octanol–water partition coefficient (Wildman–Crippen LogP) is 2.50. The third-order valence-electron chi connectivity index (χ3n) is 2.73. The Morgan fingerprint density at radius 1 is 1.24 bits per heavy atom. The first-order chi connectivity index (χ1) is 9.93. The summed E-state index contributed by atoms with van der Waals surface area (Å²) in [6, 6.07) is 7.34. The molecule has 0 amide bonds. The second kappa shape index (κ2) is 8.29. The molecule has 0 unspecified atom stereocenters. The highest BCUT2D eigenvalue weighted by Gasteiger charge is 2.27. The van der Waals surface area contributed by atoms with Crippen molar-refractivity contribution in [2.24, 2.45) is 5.92 Å². The lowest BCUT2D eigenvalue weighted by molar-refractivity contribution is -0.171. The van der Waals surface area contributed by atoms with E-state index in [1.807, 2.05) is 25.1 Å². The molecule has 0 saturated heterocycles. The second-order valence-corrected chi connectivity index (χ2v) is 5.01. The Morgan fingerprint density at radius 3 is 2.52 bits per heavy atom. The molecule has 116 valence electrons. The first kappa shape index (κ1) is 17.0. The molecule has 1 aromatic rings. The monoisotopic (exact) mass is 294 g/mol. The Kier molecular flexibility index (Phi) is 6.72. The van der Waals surface area contributed by atoms with E-state index in [-0.39, 0.29) is 19.1 Å². The summed E-state index contributed by atoms with van der Waals surface area (Å²) in [6.45, 7) is 7.22. The fourth-order valence-electron chi connectivity index (χ4n) is 1.70. The van der Waals surface area contributed by atoms with Crippen LogP contribution in [-0.4, -0.2) is 31.3 Å². The zero-order valence-electron chi connectivity index (χ0n) is 12.9. The molecule has 0 radical (unpaired) electrons. The van der Waals surface area contributed by atoms with Gasteiger partial charge >= 0.3 is 11.9 Å². The van der Waals surface area contributed by atoms with Gasteiger partial charge in [-0.15, -0.1) is 0 Å². The average molecular weight is 294 g/mol. The quantitative estimate of drug-likeness (QED) is 0.723. The Balaban J connectivity index is 2.52. The highest BCUT2D eigenvalue weighted by molar-refractivity contribution is 5.80. The molecule has 1 rings (SSSR count). The van der Waals surface area contributed by atoms with Gasteiger partial charge in [0.1, 0.15) is 5.75 Å². The number of benzene rings is 1. The van der Waals surface area contributed by atoms with Crippen LogP contribution < -0.4 is 4.74 Å². The van der Waals surface area contributed by atoms with E-state index in [9.17, 15) is 9.59 Å². The number of hydrogen-bond acceptors (Lipinski definition) is 5. The standard InChI is InChI=1S/C16H22O5/c1-5-19-16(18)15(11(2)3)21-14(17)10-20-13-8-6-7-12(4)9-13/h6-9,11,15H,5,10H2,1-4H3/t15-/m1/s1. The summed E-state index contributed by atoms with van der Waals surface area (Å²) in [5.74, 6) is -0.698. The zero-order valence-corrected chi connectivity index (χ0v) is 12.9. The Hall–Kier alpha value is -2.04. The summed E-state index contributed by atoms with van der Waals surface area (Å²) in [5, 5.41) is 0. The molecule has 0 aliphatic rings. The maximum absolute atomic E-state index is 11.8. The van der Waals surface area contributed by atoms with E-state index in [1.165, 1.54) is 0 Å². The molecule has 0 bridgehead atoms. The molecular formula is C16H22O5. The van der Waals surface area contributed by atoms with Crippen molar-refractivity contribution >= 4 is 11.9 Å². The summed E-state index contributed by atoms with van der Waals surface area (Å²) in [7, 11) is 0. The Morgan fingerprint density at radius 2 is 1.95 bits per heavy atom. The fraction of sp³-hybridized carbons (Fsp3) is 0.500. The van der Waals surface area contributed by atoms with Crippen LogP contribution in [-0.2, 0) is 19.1 Å². The number of rotatable bonds is 7. The predicted molar refractivity (Wildman–Crippen MR) is 78.0 cm³/mol. The molecule has 0 saturated carbocycles.